The van der Waals surface area contributed by atoms with E-state index in [9.17, 15) is 5.11 Å². The van der Waals surface area contributed by atoms with E-state index in [0.717, 1.165) is 0 Å². The van der Waals surface area contributed by atoms with Gasteiger partial charge in [0.1, 0.15) is 10.7 Å². The molecule has 0 heterocycles. The Morgan fingerprint density at radius 2 is 2.29 bits per heavy atom. The third kappa shape index (κ3) is 3.12. The van der Waals surface area contributed by atoms with Gasteiger partial charge in [0.2, 0.25) is 0 Å². The van der Waals surface area contributed by atoms with Gasteiger partial charge in [-0.15, -0.1) is 0 Å². The highest BCUT2D eigenvalue weighted by Gasteiger charge is 1.94. The second-order valence-corrected chi connectivity index (χ2v) is 3.05. The predicted octanol–water partition coefficient (Wildman–Crippen LogP) is 0.602. The minimum absolute atomic E-state index is 0.178. The number of nitrogens with two attached hydrogens (primary N) is 1. The number of nitrogens with one attached hydrogen (secondary N) is 1. The van der Waals surface area contributed by atoms with Crippen molar-refractivity contribution in [2.75, 3.05) is 6.54 Å². The summed E-state index contributed by atoms with van der Waals surface area (Å²) in [6.07, 6.45) is 1.48. The lowest BCUT2D eigenvalue weighted by Crippen LogP contribution is -2.24. The van der Waals surface area contributed by atoms with Gasteiger partial charge >= 0.3 is 0 Å². The molecule has 74 valence electrons. The number of para-hydroxylation sites is 1. The molecule has 0 saturated carbocycles. The molecule has 0 saturated heterocycles. The summed E-state index contributed by atoms with van der Waals surface area (Å²) in [6, 6.07) is 6.88. The van der Waals surface area contributed by atoms with Crippen molar-refractivity contribution in [3.8, 4) is 5.75 Å². The molecule has 14 heavy (non-hydrogen) atoms. The number of hydrogen-bond donors (Lipinski definition) is 3. The molecule has 1 aromatic rings. The standard InChI is InChI=1S/C9H11N3OS/c10-5-9(14)12-11-6-7-3-1-2-4-8(7)13/h1-4,6,13H,5,10H2,(H,12,14)/b11-6+. The van der Waals surface area contributed by atoms with E-state index < -0.39 is 0 Å². The van der Waals surface area contributed by atoms with Crippen LogP contribution in [0.2, 0.25) is 0 Å². The molecule has 0 aliphatic rings. The third-order valence-corrected chi connectivity index (χ3v) is 1.77. The first-order valence-electron chi connectivity index (χ1n) is 4.04. The number of phenols is 1. The van der Waals surface area contributed by atoms with E-state index in [1.165, 1.54) is 6.21 Å². The van der Waals surface area contributed by atoms with E-state index in [4.69, 9.17) is 18.0 Å². The maximum Gasteiger partial charge on any atom is 0.124 e. The quantitative estimate of drug-likeness (QED) is 0.387. The number of rotatable bonds is 3. The molecule has 0 aliphatic heterocycles. The molecule has 1 rings (SSSR count). The maximum atomic E-state index is 9.36. The van der Waals surface area contributed by atoms with Gasteiger partial charge in [-0.25, -0.2) is 0 Å². The maximum absolute atomic E-state index is 9.36. The SMILES string of the molecule is NCC(=S)N/N=C/c1ccccc1O. The van der Waals surface area contributed by atoms with Crippen LogP contribution < -0.4 is 11.2 Å². The second-order valence-electron chi connectivity index (χ2n) is 2.56. The summed E-state index contributed by atoms with van der Waals surface area (Å²) in [6.45, 7) is 0.257. The van der Waals surface area contributed by atoms with Crippen molar-refractivity contribution >= 4 is 23.4 Å². The molecule has 4 N–H and O–H groups in total. The lowest BCUT2D eigenvalue weighted by molar-refractivity contribution is 0.474. The summed E-state index contributed by atoms with van der Waals surface area (Å²) in [5.41, 5.74) is 8.45. The van der Waals surface area contributed by atoms with E-state index in [0.29, 0.717) is 10.6 Å². The Hall–Kier alpha value is -1.46. The van der Waals surface area contributed by atoms with Gasteiger partial charge in [0.15, 0.2) is 0 Å². The Balaban J connectivity index is 2.60. The van der Waals surface area contributed by atoms with Crippen molar-refractivity contribution in [1.29, 1.82) is 0 Å². The zero-order chi connectivity index (χ0) is 10.4. The van der Waals surface area contributed by atoms with E-state index >= 15 is 0 Å². The van der Waals surface area contributed by atoms with Gasteiger partial charge in [0, 0.05) is 12.1 Å². The molecule has 0 aliphatic carbocycles. The predicted molar refractivity (Wildman–Crippen MR) is 60.5 cm³/mol. The summed E-state index contributed by atoms with van der Waals surface area (Å²) >= 11 is 4.79. The average Bonchev–Trinajstić information content (AvgIpc) is 2.20. The van der Waals surface area contributed by atoms with Crippen molar-refractivity contribution in [2.45, 2.75) is 0 Å². The van der Waals surface area contributed by atoms with Gasteiger partial charge in [-0.2, -0.15) is 5.10 Å². The van der Waals surface area contributed by atoms with Crippen LogP contribution in [0.1, 0.15) is 5.56 Å². The molecule has 0 spiro atoms. The first-order valence-corrected chi connectivity index (χ1v) is 4.45. The fourth-order valence-electron chi connectivity index (χ4n) is 0.816. The fraction of sp³-hybridized carbons (Fsp3) is 0.111. The van der Waals surface area contributed by atoms with Gasteiger partial charge in [0.25, 0.3) is 0 Å². The van der Waals surface area contributed by atoms with Crippen LogP contribution in [0.5, 0.6) is 5.75 Å². The van der Waals surface area contributed by atoms with Crippen LogP contribution in [0, 0.1) is 0 Å². The molecule has 5 heteroatoms. The fourth-order valence-corrected chi connectivity index (χ4v) is 0.869. The molecular weight excluding hydrogens is 198 g/mol. The van der Waals surface area contributed by atoms with Gasteiger partial charge in [-0.3, -0.25) is 5.43 Å². The molecule has 0 fully saturated rings. The molecular formula is C9H11N3OS. The molecule has 0 aromatic heterocycles. The topological polar surface area (TPSA) is 70.6 Å². The monoisotopic (exact) mass is 209 g/mol. The molecule has 0 bridgehead atoms. The third-order valence-electron chi connectivity index (χ3n) is 1.52. The number of hydrazone groups is 1. The molecule has 1 aromatic carbocycles. The Bertz CT molecular complexity index is 352. The van der Waals surface area contributed by atoms with Crippen LogP contribution in [0.3, 0.4) is 0 Å². The molecule has 0 amide bonds. The van der Waals surface area contributed by atoms with Crippen LogP contribution in [0.4, 0.5) is 0 Å². The first-order chi connectivity index (χ1) is 6.74. The Labute approximate surface area is 87.4 Å². The highest BCUT2D eigenvalue weighted by atomic mass is 32.1. The Kier molecular flexibility index (Phi) is 4.03. The number of aromatic hydroxyl groups is 1. The highest BCUT2D eigenvalue weighted by Crippen LogP contribution is 2.12. The van der Waals surface area contributed by atoms with Crippen LogP contribution in [0.15, 0.2) is 29.4 Å². The van der Waals surface area contributed by atoms with Gasteiger partial charge < -0.3 is 10.8 Å². The van der Waals surface area contributed by atoms with Crippen LogP contribution in [0.25, 0.3) is 0 Å². The Morgan fingerprint density at radius 3 is 2.93 bits per heavy atom. The minimum Gasteiger partial charge on any atom is -0.507 e. The summed E-state index contributed by atoms with van der Waals surface area (Å²) < 4.78 is 0. The summed E-state index contributed by atoms with van der Waals surface area (Å²) in [5, 5.41) is 13.2. The van der Waals surface area contributed by atoms with Crippen molar-refractivity contribution in [1.82, 2.24) is 5.43 Å². The number of phenolic OH excluding ortho intramolecular Hbond substituents is 1. The largest absolute Gasteiger partial charge is 0.507 e. The highest BCUT2D eigenvalue weighted by molar-refractivity contribution is 7.80. The van der Waals surface area contributed by atoms with Crippen LogP contribution in [-0.4, -0.2) is 22.9 Å². The van der Waals surface area contributed by atoms with Crippen molar-refractivity contribution in [2.24, 2.45) is 10.8 Å². The molecule has 0 atom stereocenters. The lowest BCUT2D eigenvalue weighted by atomic mass is 10.2. The van der Waals surface area contributed by atoms with Crippen molar-refractivity contribution in [3.05, 3.63) is 29.8 Å². The summed E-state index contributed by atoms with van der Waals surface area (Å²) in [5.74, 6) is 0.178. The number of benzene rings is 1. The van der Waals surface area contributed by atoms with Crippen LogP contribution in [-0.2, 0) is 0 Å². The van der Waals surface area contributed by atoms with E-state index in [1.54, 1.807) is 18.2 Å². The summed E-state index contributed by atoms with van der Waals surface area (Å²) in [4.78, 5) is 0.455. The van der Waals surface area contributed by atoms with Gasteiger partial charge in [0.05, 0.1) is 6.21 Å². The van der Waals surface area contributed by atoms with E-state index in [2.05, 4.69) is 10.5 Å². The number of nitrogens with zero attached hydrogens (tertiary/aromatic N) is 1. The molecule has 0 unspecified atom stereocenters. The minimum atomic E-state index is 0.178. The zero-order valence-corrected chi connectivity index (χ0v) is 8.29. The van der Waals surface area contributed by atoms with E-state index in [-0.39, 0.29) is 12.3 Å². The van der Waals surface area contributed by atoms with Crippen molar-refractivity contribution in [3.63, 3.8) is 0 Å². The van der Waals surface area contributed by atoms with Gasteiger partial charge in [-0.05, 0) is 12.1 Å². The average molecular weight is 209 g/mol. The zero-order valence-electron chi connectivity index (χ0n) is 7.47. The van der Waals surface area contributed by atoms with Gasteiger partial charge in [-0.1, -0.05) is 24.4 Å². The lowest BCUT2D eigenvalue weighted by Gasteiger charge is -1.98. The van der Waals surface area contributed by atoms with Crippen molar-refractivity contribution < 1.29 is 5.11 Å². The number of hydrogen-bond acceptors (Lipinski definition) is 4. The molecule has 4 nitrogen and oxygen atoms in total. The second kappa shape index (κ2) is 5.31. The molecule has 0 radical (unpaired) electrons. The van der Waals surface area contributed by atoms with Crippen LogP contribution >= 0.6 is 12.2 Å². The first kappa shape index (κ1) is 10.6. The Morgan fingerprint density at radius 1 is 1.57 bits per heavy atom. The number of thiocarbonyl (C=S) groups is 1. The van der Waals surface area contributed by atoms with E-state index in [1.807, 2.05) is 6.07 Å². The normalized spacial score (nSPS) is 10.4. The summed E-state index contributed by atoms with van der Waals surface area (Å²) in [7, 11) is 0. The smallest absolute Gasteiger partial charge is 0.124 e.